The lowest BCUT2D eigenvalue weighted by Gasteiger charge is -2.22. The number of nitrogens with two attached hydrogens (primary N) is 1. The molecule has 2 aliphatic rings. The lowest BCUT2D eigenvalue weighted by molar-refractivity contribution is 0.371. The van der Waals surface area contributed by atoms with Crippen molar-refractivity contribution in [2.24, 2.45) is 11.7 Å². The van der Waals surface area contributed by atoms with Gasteiger partial charge in [0.2, 0.25) is 0 Å². The molecule has 0 saturated heterocycles. The Morgan fingerprint density at radius 3 is 2.70 bits per heavy atom. The largest absolute Gasteiger partial charge is 0.330 e. The Balaban J connectivity index is 1.46. The summed E-state index contributed by atoms with van der Waals surface area (Å²) in [6.45, 7) is 4.02. The van der Waals surface area contributed by atoms with Gasteiger partial charge in [-0.2, -0.15) is 0 Å². The van der Waals surface area contributed by atoms with Gasteiger partial charge in [-0.1, -0.05) is 37.5 Å². The van der Waals surface area contributed by atoms with Crippen molar-refractivity contribution in [2.45, 2.75) is 51.0 Å². The van der Waals surface area contributed by atoms with Crippen molar-refractivity contribution in [3.63, 3.8) is 0 Å². The van der Waals surface area contributed by atoms with E-state index in [4.69, 9.17) is 5.73 Å². The van der Waals surface area contributed by atoms with Crippen LogP contribution < -0.4 is 16.4 Å². The maximum Gasteiger partial charge on any atom is 0.0202 e. The van der Waals surface area contributed by atoms with Crippen LogP contribution in [0.4, 0.5) is 0 Å². The third kappa shape index (κ3) is 5.78. The predicted octanol–water partition coefficient (Wildman–Crippen LogP) is 2.35. The van der Waals surface area contributed by atoms with Gasteiger partial charge >= 0.3 is 0 Å². The van der Waals surface area contributed by atoms with Gasteiger partial charge in [0.15, 0.2) is 0 Å². The molecule has 3 nitrogen and oxygen atoms in total. The minimum absolute atomic E-state index is 0.554. The molecule has 0 spiro atoms. The molecule has 0 aromatic rings. The molecule has 114 valence electrons. The van der Waals surface area contributed by atoms with Crippen molar-refractivity contribution < 1.29 is 0 Å². The van der Waals surface area contributed by atoms with Crippen LogP contribution in [0.25, 0.3) is 0 Å². The molecule has 20 heavy (non-hydrogen) atoms. The molecule has 4 N–H and O–H groups in total. The molecule has 0 heterocycles. The minimum atomic E-state index is 0.554. The summed E-state index contributed by atoms with van der Waals surface area (Å²) in [5, 5.41) is 7.23. The van der Waals surface area contributed by atoms with Crippen LogP contribution in [0, 0.1) is 5.92 Å². The maximum absolute atomic E-state index is 5.66. The maximum atomic E-state index is 5.66. The average Bonchev–Trinajstić information content (AvgIpc) is 2.52. The number of allylic oxidation sites excluding steroid dienone is 1. The molecule has 3 heteroatoms. The molecule has 0 amide bonds. The molecule has 0 bridgehead atoms. The summed E-state index contributed by atoms with van der Waals surface area (Å²) in [7, 11) is 0. The van der Waals surface area contributed by atoms with E-state index in [0.29, 0.717) is 5.92 Å². The normalized spacial score (nSPS) is 23.9. The van der Waals surface area contributed by atoms with Crippen molar-refractivity contribution in [2.75, 3.05) is 26.2 Å². The zero-order chi connectivity index (χ0) is 14.0. The van der Waals surface area contributed by atoms with Crippen LogP contribution in [0.15, 0.2) is 23.8 Å². The molecule has 0 aromatic carbocycles. The summed E-state index contributed by atoms with van der Waals surface area (Å²) in [5.74, 6) is 0.554. The van der Waals surface area contributed by atoms with Crippen molar-refractivity contribution in [3.05, 3.63) is 23.8 Å². The van der Waals surface area contributed by atoms with Crippen molar-refractivity contribution >= 4 is 0 Å². The standard InChI is InChI=1S/C17H31N3/c18-13-15-7-9-16(10-8-15)14-19-11-4-12-20-17-5-2-1-3-6-17/h7,9-10,15,17,19-20H,1-6,8,11-14,18H2. The van der Waals surface area contributed by atoms with Crippen LogP contribution in [-0.4, -0.2) is 32.2 Å². The van der Waals surface area contributed by atoms with E-state index in [0.717, 1.165) is 38.6 Å². The van der Waals surface area contributed by atoms with E-state index in [2.05, 4.69) is 28.9 Å². The van der Waals surface area contributed by atoms with Crippen LogP contribution in [-0.2, 0) is 0 Å². The number of hydrogen-bond donors (Lipinski definition) is 3. The van der Waals surface area contributed by atoms with Gasteiger partial charge in [0.1, 0.15) is 0 Å². The van der Waals surface area contributed by atoms with Crippen molar-refractivity contribution in [3.8, 4) is 0 Å². The highest BCUT2D eigenvalue weighted by molar-refractivity contribution is 5.25. The first-order valence-corrected chi connectivity index (χ1v) is 8.40. The van der Waals surface area contributed by atoms with E-state index >= 15 is 0 Å². The molecule has 1 saturated carbocycles. The first-order valence-electron chi connectivity index (χ1n) is 8.40. The van der Waals surface area contributed by atoms with Gasteiger partial charge in [0, 0.05) is 12.6 Å². The van der Waals surface area contributed by atoms with Crippen LogP contribution in [0.2, 0.25) is 0 Å². The molecule has 2 rings (SSSR count). The van der Waals surface area contributed by atoms with Gasteiger partial charge in [0.25, 0.3) is 0 Å². The SMILES string of the molecule is NCC1C=CC(CNCCCNC2CCCCC2)=CC1. The summed E-state index contributed by atoms with van der Waals surface area (Å²) < 4.78 is 0. The van der Waals surface area contributed by atoms with E-state index in [1.165, 1.54) is 44.1 Å². The van der Waals surface area contributed by atoms with Gasteiger partial charge in [-0.25, -0.2) is 0 Å². The van der Waals surface area contributed by atoms with Gasteiger partial charge in [0.05, 0.1) is 0 Å². The summed E-state index contributed by atoms with van der Waals surface area (Å²) >= 11 is 0. The van der Waals surface area contributed by atoms with E-state index in [1.807, 2.05) is 0 Å². The molecule has 0 aliphatic heterocycles. The highest BCUT2D eigenvalue weighted by Gasteiger charge is 2.11. The fraction of sp³-hybridized carbons (Fsp3) is 0.765. The van der Waals surface area contributed by atoms with E-state index in [1.54, 1.807) is 0 Å². The van der Waals surface area contributed by atoms with Gasteiger partial charge in [-0.15, -0.1) is 0 Å². The fourth-order valence-corrected chi connectivity index (χ4v) is 3.07. The lowest BCUT2D eigenvalue weighted by atomic mass is 9.95. The minimum Gasteiger partial charge on any atom is -0.330 e. The van der Waals surface area contributed by atoms with Gasteiger partial charge < -0.3 is 16.4 Å². The Hall–Kier alpha value is -0.640. The number of rotatable bonds is 8. The molecular formula is C17H31N3. The molecule has 1 atom stereocenters. The van der Waals surface area contributed by atoms with Crippen molar-refractivity contribution in [1.29, 1.82) is 0 Å². The average molecular weight is 277 g/mol. The molecular weight excluding hydrogens is 246 g/mol. The smallest absolute Gasteiger partial charge is 0.0202 e. The second-order valence-electron chi connectivity index (χ2n) is 6.19. The lowest BCUT2D eigenvalue weighted by Crippen LogP contribution is -2.33. The summed E-state index contributed by atoms with van der Waals surface area (Å²) in [4.78, 5) is 0. The third-order valence-corrected chi connectivity index (χ3v) is 4.47. The molecule has 0 aromatic heterocycles. The predicted molar refractivity (Wildman–Crippen MR) is 86.7 cm³/mol. The van der Waals surface area contributed by atoms with Crippen LogP contribution in [0.3, 0.4) is 0 Å². The number of hydrogen-bond acceptors (Lipinski definition) is 3. The zero-order valence-corrected chi connectivity index (χ0v) is 12.7. The quantitative estimate of drug-likeness (QED) is 0.597. The van der Waals surface area contributed by atoms with Crippen LogP contribution in [0.1, 0.15) is 44.9 Å². The Morgan fingerprint density at radius 2 is 2.00 bits per heavy atom. The molecule has 2 aliphatic carbocycles. The summed E-state index contributed by atoms with van der Waals surface area (Å²) in [6, 6.07) is 0.793. The van der Waals surface area contributed by atoms with E-state index in [9.17, 15) is 0 Å². The zero-order valence-electron chi connectivity index (χ0n) is 12.7. The Bertz CT molecular complexity index is 316. The summed E-state index contributed by atoms with van der Waals surface area (Å²) in [6.07, 6.45) is 16.2. The highest BCUT2D eigenvalue weighted by Crippen LogP contribution is 2.17. The first kappa shape index (κ1) is 15.7. The van der Waals surface area contributed by atoms with E-state index in [-0.39, 0.29) is 0 Å². The molecule has 1 fully saturated rings. The first-order chi connectivity index (χ1) is 9.88. The van der Waals surface area contributed by atoms with Crippen LogP contribution >= 0.6 is 0 Å². The van der Waals surface area contributed by atoms with Crippen molar-refractivity contribution in [1.82, 2.24) is 10.6 Å². The Morgan fingerprint density at radius 1 is 1.15 bits per heavy atom. The Kier molecular flexibility index (Phi) is 7.34. The number of nitrogens with one attached hydrogen (secondary N) is 2. The monoisotopic (exact) mass is 277 g/mol. The molecule has 0 radical (unpaired) electrons. The second-order valence-corrected chi connectivity index (χ2v) is 6.19. The highest BCUT2D eigenvalue weighted by atomic mass is 14.9. The topological polar surface area (TPSA) is 50.1 Å². The second kappa shape index (κ2) is 9.32. The fourth-order valence-electron chi connectivity index (χ4n) is 3.07. The third-order valence-electron chi connectivity index (χ3n) is 4.47. The molecule has 1 unspecified atom stereocenters. The van der Waals surface area contributed by atoms with Gasteiger partial charge in [-0.3, -0.25) is 0 Å². The van der Waals surface area contributed by atoms with E-state index < -0.39 is 0 Å². The summed E-state index contributed by atoms with van der Waals surface area (Å²) in [5.41, 5.74) is 7.07. The van der Waals surface area contributed by atoms with Gasteiger partial charge in [-0.05, 0) is 56.8 Å². The van der Waals surface area contributed by atoms with Crippen LogP contribution in [0.5, 0.6) is 0 Å². The Labute approximate surface area is 124 Å².